The molecular weight excluding hydrogens is 264 g/mol. The largest absolute Gasteiger partial charge is 0.489 e. The fourth-order valence-electron chi connectivity index (χ4n) is 2.32. The Hall–Kier alpha value is -1.00. The summed E-state index contributed by atoms with van der Waals surface area (Å²) in [6.45, 7) is 6.63. The lowest BCUT2D eigenvalue weighted by Gasteiger charge is -2.34. The van der Waals surface area contributed by atoms with Gasteiger partial charge in [-0.3, -0.25) is 0 Å². The third kappa shape index (κ3) is 3.74. The summed E-state index contributed by atoms with van der Waals surface area (Å²) >= 11 is 6.04. The molecule has 106 valence electrons. The van der Waals surface area contributed by atoms with E-state index in [0.717, 1.165) is 25.9 Å². The number of piperidine rings is 1. The molecule has 0 radical (unpaired) electrons. The van der Waals surface area contributed by atoms with E-state index in [2.05, 4.69) is 23.7 Å². The zero-order valence-electron chi connectivity index (χ0n) is 11.7. The molecule has 0 saturated carbocycles. The molecule has 2 heterocycles. The van der Waals surface area contributed by atoms with Gasteiger partial charge in [0.1, 0.15) is 16.9 Å². The molecule has 1 aromatic heterocycles. The van der Waals surface area contributed by atoms with E-state index in [4.69, 9.17) is 21.1 Å². The summed E-state index contributed by atoms with van der Waals surface area (Å²) in [5.41, 5.74) is 0. The molecule has 0 bridgehead atoms. The molecule has 0 unspecified atom stereocenters. The van der Waals surface area contributed by atoms with E-state index >= 15 is 0 Å². The van der Waals surface area contributed by atoms with Crippen molar-refractivity contribution < 1.29 is 9.47 Å². The van der Waals surface area contributed by atoms with Gasteiger partial charge in [-0.05, 0) is 26.7 Å². The van der Waals surface area contributed by atoms with Gasteiger partial charge in [-0.1, -0.05) is 11.6 Å². The van der Waals surface area contributed by atoms with Crippen LogP contribution < -0.4 is 9.47 Å². The van der Waals surface area contributed by atoms with Crippen molar-refractivity contribution in [3.8, 4) is 11.6 Å². The van der Waals surface area contributed by atoms with Gasteiger partial charge >= 0.3 is 0 Å². The Morgan fingerprint density at radius 3 is 2.58 bits per heavy atom. The van der Waals surface area contributed by atoms with Crippen molar-refractivity contribution >= 4 is 11.6 Å². The molecule has 4 nitrogen and oxygen atoms in total. The molecule has 1 aliphatic rings. The smallest absolute Gasteiger partial charge is 0.232 e. The topological polar surface area (TPSA) is 34.6 Å². The lowest BCUT2D eigenvalue weighted by Crippen LogP contribution is -2.41. The van der Waals surface area contributed by atoms with E-state index in [1.807, 2.05) is 0 Å². The Morgan fingerprint density at radius 1 is 1.37 bits per heavy atom. The first-order chi connectivity index (χ1) is 9.10. The van der Waals surface area contributed by atoms with Crippen molar-refractivity contribution in [3.05, 3.63) is 17.3 Å². The summed E-state index contributed by atoms with van der Waals surface area (Å²) in [5.74, 6) is 1.15. The third-order valence-corrected chi connectivity index (χ3v) is 3.76. The maximum Gasteiger partial charge on any atom is 0.232 e. The van der Waals surface area contributed by atoms with Crippen LogP contribution in [0.3, 0.4) is 0 Å². The minimum absolute atomic E-state index is 0.251. The maximum absolute atomic E-state index is 6.04. The first kappa shape index (κ1) is 14.4. The van der Waals surface area contributed by atoms with Crippen LogP contribution in [0.1, 0.15) is 26.7 Å². The molecular formula is C14H21ClN2O2. The van der Waals surface area contributed by atoms with Crippen LogP contribution in [0.25, 0.3) is 0 Å². The highest BCUT2D eigenvalue weighted by atomic mass is 35.5. The van der Waals surface area contributed by atoms with Crippen molar-refractivity contribution in [2.24, 2.45) is 0 Å². The zero-order valence-corrected chi connectivity index (χ0v) is 12.5. The van der Waals surface area contributed by atoms with Crippen molar-refractivity contribution in [3.63, 3.8) is 0 Å². The maximum atomic E-state index is 6.04. The number of methoxy groups -OCH3 is 1. The van der Waals surface area contributed by atoms with E-state index in [1.54, 1.807) is 19.4 Å². The van der Waals surface area contributed by atoms with Crippen LogP contribution in [0.15, 0.2) is 12.3 Å². The van der Waals surface area contributed by atoms with Gasteiger partial charge in [0.05, 0.1) is 13.3 Å². The zero-order chi connectivity index (χ0) is 13.8. The average Bonchev–Trinajstić information content (AvgIpc) is 2.39. The van der Waals surface area contributed by atoms with Crippen molar-refractivity contribution in [1.29, 1.82) is 0 Å². The number of rotatable bonds is 4. The number of nitrogens with zero attached hydrogens (tertiary/aromatic N) is 2. The molecule has 0 spiro atoms. The second-order valence-electron chi connectivity index (χ2n) is 5.11. The number of pyridine rings is 1. The quantitative estimate of drug-likeness (QED) is 0.851. The van der Waals surface area contributed by atoms with Crippen molar-refractivity contribution in [2.75, 3.05) is 20.2 Å². The van der Waals surface area contributed by atoms with Crippen LogP contribution in [0.2, 0.25) is 5.02 Å². The van der Waals surface area contributed by atoms with Crippen LogP contribution in [-0.2, 0) is 0 Å². The minimum Gasteiger partial charge on any atom is -0.489 e. The molecule has 19 heavy (non-hydrogen) atoms. The van der Waals surface area contributed by atoms with Gasteiger partial charge < -0.3 is 14.4 Å². The fraction of sp³-hybridized carbons (Fsp3) is 0.643. The predicted molar refractivity (Wildman–Crippen MR) is 76.2 cm³/mol. The SMILES string of the molecule is COc1ncc(OC2CCN(C(C)C)CC2)cc1Cl. The van der Waals surface area contributed by atoms with E-state index in [0.29, 0.717) is 22.7 Å². The Bertz CT molecular complexity index is 418. The second-order valence-corrected chi connectivity index (χ2v) is 5.52. The molecule has 1 saturated heterocycles. The molecule has 1 aromatic rings. The molecule has 0 N–H and O–H groups in total. The highest BCUT2D eigenvalue weighted by Gasteiger charge is 2.22. The van der Waals surface area contributed by atoms with Gasteiger partial charge in [0, 0.05) is 25.2 Å². The number of halogens is 1. The van der Waals surface area contributed by atoms with Gasteiger partial charge in [-0.25, -0.2) is 4.98 Å². The molecule has 0 aliphatic carbocycles. The van der Waals surface area contributed by atoms with E-state index in [1.165, 1.54) is 0 Å². The van der Waals surface area contributed by atoms with Gasteiger partial charge in [0.2, 0.25) is 5.88 Å². The van der Waals surface area contributed by atoms with Crippen LogP contribution in [0.4, 0.5) is 0 Å². The molecule has 2 rings (SSSR count). The summed E-state index contributed by atoms with van der Waals surface area (Å²) in [6.07, 6.45) is 4.00. The number of likely N-dealkylation sites (tertiary alicyclic amines) is 1. The number of aromatic nitrogens is 1. The molecule has 1 aliphatic heterocycles. The van der Waals surface area contributed by atoms with Crippen LogP contribution in [-0.4, -0.2) is 42.2 Å². The molecule has 0 aromatic carbocycles. The average molecular weight is 285 g/mol. The number of ether oxygens (including phenoxy) is 2. The van der Waals surface area contributed by atoms with E-state index in [9.17, 15) is 0 Å². The summed E-state index contributed by atoms with van der Waals surface area (Å²) in [7, 11) is 1.55. The number of hydrogen-bond acceptors (Lipinski definition) is 4. The second kappa shape index (κ2) is 6.44. The highest BCUT2D eigenvalue weighted by Crippen LogP contribution is 2.27. The summed E-state index contributed by atoms with van der Waals surface area (Å²) in [5, 5.41) is 0.486. The van der Waals surface area contributed by atoms with E-state index < -0.39 is 0 Å². The summed E-state index contributed by atoms with van der Waals surface area (Å²) in [6, 6.07) is 2.38. The summed E-state index contributed by atoms with van der Waals surface area (Å²) in [4.78, 5) is 6.59. The predicted octanol–water partition coefficient (Wildman–Crippen LogP) is 3.00. The first-order valence-electron chi connectivity index (χ1n) is 6.70. The standard InChI is InChI=1S/C14H21ClN2O2/c1-10(2)17-6-4-11(5-7-17)19-12-8-13(15)14(18-3)16-9-12/h8-11H,4-7H2,1-3H3. The Balaban J connectivity index is 1.90. The van der Waals surface area contributed by atoms with Crippen LogP contribution in [0.5, 0.6) is 11.6 Å². The Labute approximate surface area is 119 Å². The van der Waals surface area contributed by atoms with Gasteiger partial charge in [0.15, 0.2) is 0 Å². The lowest BCUT2D eigenvalue weighted by molar-refractivity contribution is 0.0840. The molecule has 0 atom stereocenters. The van der Waals surface area contributed by atoms with E-state index in [-0.39, 0.29) is 6.10 Å². The Morgan fingerprint density at radius 2 is 2.05 bits per heavy atom. The van der Waals surface area contributed by atoms with Crippen molar-refractivity contribution in [1.82, 2.24) is 9.88 Å². The molecule has 5 heteroatoms. The van der Waals surface area contributed by atoms with Gasteiger partial charge in [-0.15, -0.1) is 0 Å². The monoisotopic (exact) mass is 284 g/mol. The molecule has 0 amide bonds. The van der Waals surface area contributed by atoms with Crippen LogP contribution in [0, 0.1) is 0 Å². The van der Waals surface area contributed by atoms with Crippen molar-refractivity contribution in [2.45, 2.75) is 38.8 Å². The third-order valence-electron chi connectivity index (χ3n) is 3.49. The minimum atomic E-state index is 0.251. The highest BCUT2D eigenvalue weighted by molar-refractivity contribution is 6.31. The first-order valence-corrected chi connectivity index (χ1v) is 7.08. The van der Waals surface area contributed by atoms with Gasteiger partial charge in [0.25, 0.3) is 0 Å². The summed E-state index contributed by atoms with van der Waals surface area (Å²) < 4.78 is 11.0. The van der Waals surface area contributed by atoms with Gasteiger partial charge in [-0.2, -0.15) is 0 Å². The molecule has 1 fully saturated rings. The van der Waals surface area contributed by atoms with Crippen LogP contribution >= 0.6 is 11.6 Å². The fourth-order valence-corrected chi connectivity index (χ4v) is 2.56. The normalized spacial score (nSPS) is 17.7. The lowest BCUT2D eigenvalue weighted by atomic mass is 10.1. The Kier molecular flexibility index (Phi) is 4.88. The number of hydrogen-bond donors (Lipinski definition) is 0.